The summed E-state index contributed by atoms with van der Waals surface area (Å²) in [7, 11) is 0. The maximum atomic E-state index is 13.4. The number of carbonyl (C=O) groups is 2. The first-order valence-corrected chi connectivity index (χ1v) is 10.2. The maximum absolute atomic E-state index is 13.4. The third-order valence-electron chi connectivity index (χ3n) is 5.27. The van der Waals surface area contributed by atoms with E-state index < -0.39 is 5.92 Å². The highest BCUT2D eigenvalue weighted by Gasteiger charge is 2.38. The summed E-state index contributed by atoms with van der Waals surface area (Å²) in [5, 5.41) is 0. The molecular weight excluding hydrogens is 390 g/mol. The van der Waals surface area contributed by atoms with Crippen LogP contribution in [0.2, 0.25) is 0 Å². The second-order valence-corrected chi connectivity index (χ2v) is 7.23. The average Bonchev–Trinajstić information content (AvgIpc) is 2.81. The van der Waals surface area contributed by atoms with Crippen LogP contribution in [0.4, 0.5) is 5.69 Å². The van der Waals surface area contributed by atoms with E-state index in [2.05, 4.69) is 9.98 Å². The van der Waals surface area contributed by atoms with Crippen LogP contribution in [0.1, 0.15) is 47.3 Å². The number of imide groups is 1. The minimum absolute atomic E-state index is 0.139. The molecule has 31 heavy (non-hydrogen) atoms. The molecule has 2 atom stereocenters. The second kappa shape index (κ2) is 8.92. The smallest absolute Gasteiger partial charge is 0.265 e. The molecule has 1 aromatic heterocycles. The fourth-order valence-corrected chi connectivity index (χ4v) is 3.65. The molecule has 0 saturated heterocycles. The van der Waals surface area contributed by atoms with Gasteiger partial charge in [-0.25, -0.2) is 4.90 Å². The Hall–Kier alpha value is -3.80. The molecule has 2 aromatic carbocycles. The van der Waals surface area contributed by atoms with Gasteiger partial charge in [-0.05, 0) is 67.4 Å². The molecule has 6 heteroatoms. The number of carbonyl (C=O) groups excluding carboxylic acids is 2. The summed E-state index contributed by atoms with van der Waals surface area (Å²) in [5.41, 5.74) is 2.69. The molecule has 0 saturated carbocycles. The van der Waals surface area contributed by atoms with E-state index in [0.29, 0.717) is 29.2 Å². The first kappa shape index (κ1) is 20.5. The number of nitrogens with zero attached hydrogens (tertiary/aromatic N) is 3. The zero-order valence-corrected chi connectivity index (χ0v) is 17.4. The highest BCUT2D eigenvalue weighted by Crippen LogP contribution is 2.33. The van der Waals surface area contributed by atoms with Crippen molar-refractivity contribution >= 4 is 23.7 Å². The Morgan fingerprint density at radius 1 is 1.06 bits per heavy atom. The number of aromatic nitrogens is 1. The summed E-state index contributed by atoms with van der Waals surface area (Å²) in [6.07, 6.45) is 5.09. The Bertz CT molecular complexity index is 1110. The Labute approximate surface area is 181 Å². The van der Waals surface area contributed by atoms with Gasteiger partial charge in [-0.2, -0.15) is 0 Å². The van der Waals surface area contributed by atoms with E-state index in [1.165, 1.54) is 4.90 Å². The number of anilines is 1. The largest absolute Gasteiger partial charge is 0.494 e. The number of benzene rings is 2. The van der Waals surface area contributed by atoms with Gasteiger partial charge in [-0.3, -0.25) is 19.6 Å². The number of aliphatic imine (C=N–C) groups is 1. The molecule has 2 amide bonds. The molecule has 4 rings (SSSR count). The van der Waals surface area contributed by atoms with Crippen molar-refractivity contribution in [2.24, 2.45) is 4.99 Å². The standard InChI is InChI=1S/C25H23N3O3/c1-3-31-20-10-8-19(9-11-20)28-24(29)22-7-5-4-6-21(22)23(25(28)30)16-27-17(2)18-12-14-26-15-13-18/h4-17,23H,3H2,1-2H3/t17-,23+/m1/s1. The van der Waals surface area contributed by atoms with Gasteiger partial charge in [0.1, 0.15) is 5.75 Å². The van der Waals surface area contributed by atoms with Gasteiger partial charge in [-0.1, -0.05) is 18.2 Å². The predicted molar refractivity (Wildman–Crippen MR) is 120 cm³/mol. The lowest BCUT2D eigenvalue weighted by atomic mass is 9.88. The van der Waals surface area contributed by atoms with Crippen LogP contribution in [0.3, 0.4) is 0 Å². The van der Waals surface area contributed by atoms with Gasteiger partial charge < -0.3 is 4.74 Å². The zero-order chi connectivity index (χ0) is 21.8. The van der Waals surface area contributed by atoms with Crippen molar-refractivity contribution in [2.75, 3.05) is 11.5 Å². The van der Waals surface area contributed by atoms with Gasteiger partial charge >= 0.3 is 0 Å². The first-order chi connectivity index (χ1) is 15.1. The lowest BCUT2D eigenvalue weighted by Crippen LogP contribution is -2.45. The summed E-state index contributed by atoms with van der Waals surface area (Å²) in [6.45, 7) is 4.41. The summed E-state index contributed by atoms with van der Waals surface area (Å²) >= 11 is 0. The number of hydrogen-bond donors (Lipinski definition) is 0. The minimum atomic E-state index is -0.648. The van der Waals surface area contributed by atoms with Gasteiger partial charge in [0.05, 0.1) is 24.3 Å². The Kier molecular flexibility index (Phi) is 5.89. The van der Waals surface area contributed by atoms with Crippen molar-refractivity contribution in [1.29, 1.82) is 0 Å². The van der Waals surface area contributed by atoms with E-state index in [0.717, 1.165) is 5.56 Å². The lowest BCUT2D eigenvalue weighted by Gasteiger charge is -2.31. The topological polar surface area (TPSA) is 71.9 Å². The van der Waals surface area contributed by atoms with E-state index in [1.807, 2.05) is 38.1 Å². The molecule has 0 unspecified atom stereocenters. The first-order valence-electron chi connectivity index (χ1n) is 10.2. The molecule has 6 nitrogen and oxygen atoms in total. The number of hydrogen-bond acceptors (Lipinski definition) is 5. The van der Waals surface area contributed by atoms with Crippen molar-refractivity contribution < 1.29 is 14.3 Å². The van der Waals surface area contributed by atoms with Crippen molar-refractivity contribution in [3.63, 3.8) is 0 Å². The van der Waals surface area contributed by atoms with Crippen molar-refractivity contribution in [2.45, 2.75) is 25.8 Å². The molecule has 0 fully saturated rings. The van der Waals surface area contributed by atoms with Crippen LogP contribution in [0.5, 0.6) is 5.75 Å². The van der Waals surface area contributed by atoms with E-state index in [-0.39, 0.29) is 17.9 Å². The molecule has 0 radical (unpaired) electrons. The van der Waals surface area contributed by atoms with Crippen LogP contribution >= 0.6 is 0 Å². The van der Waals surface area contributed by atoms with Crippen LogP contribution in [-0.4, -0.2) is 29.6 Å². The van der Waals surface area contributed by atoms with E-state index in [9.17, 15) is 9.59 Å². The van der Waals surface area contributed by atoms with Crippen LogP contribution < -0.4 is 9.64 Å². The molecule has 3 aromatic rings. The normalized spacial score (nSPS) is 17.0. The third-order valence-corrected chi connectivity index (χ3v) is 5.27. The van der Waals surface area contributed by atoms with Crippen LogP contribution in [0, 0.1) is 0 Å². The molecule has 2 heterocycles. The average molecular weight is 413 g/mol. The quantitative estimate of drug-likeness (QED) is 0.438. The molecule has 1 aliphatic rings. The zero-order valence-electron chi connectivity index (χ0n) is 17.4. The van der Waals surface area contributed by atoms with Gasteiger partial charge in [0, 0.05) is 24.2 Å². The Morgan fingerprint density at radius 3 is 2.48 bits per heavy atom. The molecule has 0 N–H and O–H groups in total. The number of ether oxygens (including phenoxy) is 1. The summed E-state index contributed by atoms with van der Waals surface area (Å²) < 4.78 is 5.47. The van der Waals surface area contributed by atoms with Gasteiger partial charge in [0.15, 0.2) is 0 Å². The number of fused-ring (bicyclic) bond motifs is 1. The van der Waals surface area contributed by atoms with E-state index >= 15 is 0 Å². The molecule has 0 aliphatic carbocycles. The maximum Gasteiger partial charge on any atom is 0.265 e. The Balaban J connectivity index is 1.69. The third kappa shape index (κ3) is 4.10. The van der Waals surface area contributed by atoms with Crippen molar-refractivity contribution in [3.05, 3.63) is 89.7 Å². The number of rotatable bonds is 6. The molecule has 0 bridgehead atoms. The van der Waals surface area contributed by atoms with E-state index in [4.69, 9.17) is 4.74 Å². The predicted octanol–water partition coefficient (Wildman–Crippen LogP) is 4.58. The van der Waals surface area contributed by atoms with Gasteiger partial charge in [0.25, 0.3) is 5.91 Å². The summed E-state index contributed by atoms with van der Waals surface area (Å²) in [6, 6.07) is 17.8. The van der Waals surface area contributed by atoms with E-state index in [1.54, 1.807) is 55.0 Å². The van der Waals surface area contributed by atoms with Gasteiger partial charge in [-0.15, -0.1) is 0 Å². The minimum Gasteiger partial charge on any atom is -0.494 e. The summed E-state index contributed by atoms with van der Waals surface area (Å²) in [5.74, 6) is -0.618. The molecule has 0 spiro atoms. The fraction of sp³-hybridized carbons (Fsp3) is 0.200. The van der Waals surface area contributed by atoms with Crippen LogP contribution in [0.15, 0.2) is 78.0 Å². The van der Waals surface area contributed by atoms with Crippen molar-refractivity contribution in [3.8, 4) is 5.75 Å². The molecular formula is C25H23N3O3. The van der Waals surface area contributed by atoms with Crippen LogP contribution in [0.25, 0.3) is 0 Å². The molecule has 1 aliphatic heterocycles. The SMILES string of the molecule is CCOc1ccc(N2C(=O)c3ccccc3[C@H](C=N[C@H](C)c3ccncc3)C2=O)cc1. The fourth-order valence-electron chi connectivity index (χ4n) is 3.65. The highest BCUT2D eigenvalue weighted by atomic mass is 16.5. The molecule has 156 valence electrons. The number of pyridine rings is 1. The lowest BCUT2D eigenvalue weighted by molar-refractivity contribution is -0.118. The van der Waals surface area contributed by atoms with Crippen LogP contribution in [-0.2, 0) is 4.79 Å². The summed E-state index contributed by atoms with van der Waals surface area (Å²) in [4.78, 5) is 36.5. The highest BCUT2D eigenvalue weighted by molar-refractivity contribution is 6.29. The monoisotopic (exact) mass is 413 g/mol. The Morgan fingerprint density at radius 2 is 1.77 bits per heavy atom. The van der Waals surface area contributed by atoms with Crippen molar-refractivity contribution in [1.82, 2.24) is 4.98 Å². The van der Waals surface area contributed by atoms with Gasteiger partial charge in [0.2, 0.25) is 5.91 Å². The number of amides is 2. The second-order valence-electron chi connectivity index (χ2n) is 7.23.